The van der Waals surface area contributed by atoms with Gasteiger partial charge in [0.25, 0.3) is 0 Å². The second kappa shape index (κ2) is 8.30. The number of aromatic nitrogens is 1. The van der Waals surface area contributed by atoms with Gasteiger partial charge in [0.1, 0.15) is 12.6 Å². The summed E-state index contributed by atoms with van der Waals surface area (Å²) >= 11 is 0. The molecule has 3 heterocycles. The summed E-state index contributed by atoms with van der Waals surface area (Å²) in [6.07, 6.45) is 6.14. The van der Waals surface area contributed by atoms with Crippen LogP contribution in [0.2, 0.25) is 0 Å². The Morgan fingerprint density at radius 2 is 1.68 bits per heavy atom. The lowest BCUT2D eigenvalue weighted by atomic mass is 9.84. The van der Waals surface area contributed by atoms with Gasteiger partial charge in [-0.2, -0.15) is 0 Å². The van der Waals surface area contributed by atoms with E-state index in [0.29, 0.717) is 12.3 Å². The minimum Gasteiger partial charge on any atom is -0.356 e. The van der Waals surface area contributed by atoms with E-state index in [-0.39, 0.29) is 30.4 Å². The Labute approximate surface area is 201 Å². The number of carbonyl (C=O) groups excluding carboxylic acids is 2. The molecule has 3 aliphatic rings. The fraction of sp³-hybridized carbons (Fsp3) is 0.448. The maximum atomic E-state index is 13.9. The van der Waals surface area contributed by atoms with Gasteiger partial charge >= 0.3 is 0 Å². The summed E-state index contributed by atoms with van der Waals surface area (Å²) in [4.78, 5) is 35.1. The molecule has 3 aromatic rings. The Balaban J connectivity index is 1.46. The smallest absolute Gasteiger partial charge is 0.246 e. The quantitative estimate of drug-likeness (QED) is 0.582. The second-order valence-corrected chi connectivity index (χ2v) is 10.6. The average Bonchev–Trinajstić information content (AvgIpc) is 3.24. The Morgan fingerprint density at radius 3 is 2.41 bits per heavy atom. The van der Waals surface area contributed by atoms with Crippen molar-refractivity contribution in [3.63, 3.8) is 0 Å². The molecule has 2 unspecified atom stereocenters. The van der Waals surface area contributed by atoms with Crippen molar-refractivity contribution in [3.8, 4) is 0 Å². The van der Waals surface area contributed by atoms with Crippen molar-refractivity contribution in [2.24, 2.45) is 0 Å². The molecule has 2 fully saturated rings. The van der Waals surface area contributed by atoms with Gasteiger partial charge in [-0.25, -0.2) is 0 Å². The van der Waals surface area contributed by atoms with Crippen LogP contribution in [0.4, 0.5) is 0 Å². The number of hydrogen-bond acceptors (Lipinski definition) is 2. The number of nitrogens with one attached hydrogen (secondary N) is 1. The number of benzene rings is 2. The van der Waals surface area contributed by atoms with E-state index in [2.05, 4.69) is 61.3 Å². The maximum Gasteiger partial charge on any atom is 0.246 e. The first-order valence-electron chi connectivity index (χ1n) is 12.8. The topological polar surface area (TPSA) is 56.4 Å². The predicted octanol–water partition coefficient (Wildman–Crippen LogP) is 5.31. The van der Waals surface area contributed by atoms with Crippen molar-refractivity contribution in [2.75, 3.05) is 6.54 Å². The molecular weight excluding hydrogens is 422 g/mol. The highest BCUT2D eigenvalue weighted by Gasteiger charge is 2.49. The van der Waals surface area contributed by atoms with Crippen molar-refractivity contribution in [1.82, 2.24) is 14.8 Å². The predicted molar refractivity (Wildman–Crippen MR) is 134 cm³/mol. The highest BCUT2D eigenvalue weighted by molar-refractivity contribution is 5.97. The molecule has 5 heteroatoms. The first-order valence-corrected chi connectivity index (χ1v) is 12.8. The average molecular weight is 456 g/mol. The van der Waals surface area contributed by atoms with Crippen molar-refractivity contribution in [2.45, 2.75) is 76.4 Å². The summed E-state index contributed by atoms with van der Waals surface area (Å²) in [5.74, 6) is 0.641. The molecular formula is C29H33N3O2. The summed E-state index contributed by atoms with van der Waals surface area (Å²) in [6.45, 7) is 4.58. The van der Waals surface area contributed by atoms with E-state index in [1.54, 1.807) is 0 Å². The number of H-pyrrole nitrogens is 1. The van der Waals surface area contributed by atoms with Gasteiger partial charge in [-0.1, -0.05) is 75.6 Å². The molecule has 0 bridgehead atoms. The van der Waals surface area contributed by atoms with Gasteiger partial charge < -0.3 is 14.8 Å². The molecule has 1 saturated carbocycles. The molecule has 34 heavy (non-hydrogen) atoms. The largest absolute Gasteiger partial charge is 0.356 e. The van der Waals surface area contributed by atoms with Gasteiger partial charge in [0.05, 0.1) is 6.04 Å². The van der Waals surface area contributed by atoms with E-state index in [0.717, 1.165) is 47.8 Å². The number of piperazine rings is 1. The van der Waals surface area contributed by atoms with Gasteiger partial charge in [0, 0.05) is 29.1 Å². The van der Waals surface area contributed by atoms with E-state index in [9.17, 15) is 9.59 Å². The van der Waals surface area contributed by atoms with E-state index >= 15 is 0 Å². The van der Waals surface area contributed by atoms with Crippen molar-refractivity contribution in [3.05, 3.63) is 70.9 Å². The molecule has 0 radical (unpaired) electrons. The van der Waals surface area contributed by atoms with E-state index in [1.165, 1.54) is 17.5 Å². The summed E-state index contributed by atoms with van der Waals surface area (Å²) in [7, 11) is 0. The van der Waals surface area contributed by atoms with Crippen LogP contribution >= 0.6 is 0 Å². The fourth-order valence-corrected chi connectivity index (χ4v) is 6.40. The van der Waals surface area contributed by atoms with Gasteiger partial charge in [0.2, 0.25) is 11.8 Å². The number of rotatable bonds is 3. The van der Waals surface area contributed by atoms with Crippen LogP contribution in [0.1, 0.15) is 80.3 Å². The van der Waals surface area contributed by atoms with Crippen molar-refractivity contribution >= 4 is 22.7 Å². The molecule has 1 N–H and O–H groups in total. The van der Waals surface area contributed by atoms with E-state index < -0.39 is 6.04 Å². The van der Waals surface area contributed by atoms with Gasteiger partial charge in [-0.05, 0) is 41.5 Å². The normalized spacial score (nSPS) is 23.5. The molecule has 1 aromatic heterocycles. The zero-order valence-corrected chi connectivity index (χ0v) is 20.1. The summed E-state index contributed by atoms with van der Waals surface area (Å²) in [6, 6.07) is 16.4. The zero-order chi connectivity index (χ0) is 23.4. The molecule has 176 valence electrons. The van der Waals surface area contributed by atoms with Crippen LogP contribution in [-0.2, 0) is 16.0 Å². The van der Waals surface area contributed by atoms with Crippen molar-refractivity contribution < 1.29 is 9.59 Å². The van der Waals surface area contributed by atoms with Gasteiger partial charge in [-0.15, -0.1) is 0 Å². The second-order valence-electron chi connectivity index (χ2n) is 10.6. The maximum absolute atomic E-state index is 13.9. The number of nitrogens with zero attached hydrogens (tertiary/aromatic N) is 2. The van der Waals surface area contributed by atoms with Gasteiger partial charge in [-0.3, -0.25) is 9.59 Å². The Kier molecular flexibility index (Phi) is 5.23. The lowest BCUT2D eigenvalue weighted by molar-refractivity contribution is -0.161. The van der Waals surface area contributed by atoms with Gasteiger partial charge in [0.15, 0.2) is 0 Å². The summed E-state index contributed by atoms with van der Waals surface area (Å²) in [5, 5.41) is 1.16. The summed E-state index contributed by atoms with van der Waals surface area (Å²) < 4.78 is 0. The SMILES string of the molecule is CC(C)c1ccc(C2c3[nH]c4ccccc4c3CC3C(=O)N(C4CCCCC4)CC(=O)N32)cc1. The molecule has 0 spiro atoms. The molecule has 5 nitrogen and oxygen atoms in total. The van der Waals surface area contributed by atoms with Crippen LogP contribution in [0, 0.1) is 0 Å². The number of fused-ring (bicyclic) bond motifs is 4. The number of aromatic amines is 1. The van der Waals surface area contributed by atoms with E-state index in [1.807, 2.05) is 15.9 Å². The molecule has 2 amide bonds. The van der Waals surface area contributed by atoms with Crippen LogP contribution < -0.4 is 0 Å². The number of hydrogen-bond donors (Lipinski definition) is 1. The Bertz CT molecular complexity index is 1240. The first kappa shape index (κ1) is 21.5. The molecule has 1 saturated heterocycles. The standard InChI is InChI=1S/C29H33N3O2/c1-18(2)19-12-14-20(15-13-19)28-27-23(22-10-6-7-11-24(22)30-27)16-25-29(34)31(17-26(33)32(25)28)21-8-4-3-5-9-21/h6-7,10-15,18,21,25,28,30H,3-5,8-9,16-17H2,1-2H3. The lowest BCUT2D eigenvalue weighted by Gasteiger charge is -2.49. The number of amides is 2. The molecule has 2 atom stereocenters. The Hall–Kier alpha value is -3.08. The Morgan fingerprint density at radius 1 is 0.941 bits per heavy atom. The fourth-order valence-electron chi connectivity index (χ4n) is 6.40. The molecule has 1 aliphatic carbocycles. The molecule has 6 rings (SSSR count). The minimum atomic E-state index is -0.440. The third-order valence-electron chi connectivity index (χ3n) is 8.23. The summed E-state index contributed by atoms with van der Waals surface area (Å²) in [5.41, 5.74) is 5.65. The van der Waals surface area contributed by atoms with Crippen LogP contribution in [0.3, 0.4) is 0 Å². The van der Waals surface area contributed by atoms with Crippen molar-refractivity contribution in [1.29, 1.82) is 0 Å². The third kappa shape index (κ3) is 3.36. The highest BCUT2D eigenvalue weighted by atomic mass is 16.2. The van der Waals surface area contributed by atoms with Crippen LogP contribution in [-0.4, -0.2) is 45.2 Å². The highest BCUT2D eigenvalue weighted by Crippen LogP contribution is 2.43. The van der Waals surface area contributed by atoms with E-state index in [4.69, 9.17) is 0 Å². The van der Waals surface area contributed by atoms with Crippen LogP contribution in [0.15, 0.2) is 48.5 Å². The monoisotopic (exact) mass is 455 g/mol. The number of para-hydroxylation sites is 1. The van der Waals surface area contributed by atoms with Crippen LogP contribution in [0.25, 0.3) is 10.9 Å². The van der Waals surface area contributed by atoms with Crippen LogP contribution in [0.5, 0.6) is 0 Å². The molecule has 2 aliphatic heterocycles. The first-order chi connectivity index (χ1) is 16.5. The lowest BCUT2D eigenvalue weighted by Crippen LogP contribution is -2.65. The number of carbonyl (C=O) groups is 2. The third-order valence-corrected chi connectivity index (χ3v) is 8.23. The minimum absolute atomic E-state index is 0.0671. The zero-order valence-electron chi connectivity index (χ0n) is 20.1. The molecule has 2 aromatic carbocycles.